The van der Waals surface area contributed by atoms with Gasteiger partial charge in [0.1, 0.15) is 12.4 Å². The molecule has 0 bridgehead atoms. The Kier molecular flexibility index (Phi) is 4.93. The molecule has 0 saturated carbocycles. The number of fused-ring (bicyclic) bond motifs is 1. The predicted molar refractivity (Wildman–Crippen MR) is 91.6 cm³/mol. The highest BCUT2D eigenvalue weighted by atomic mass is 19.1. The van der Waals surface area contributed by atoms with E-state index < -0.39 is 29.2 Å². The van der Waals surface area contributed by atoms with Gasteiger partial charge in [-0.05, 0) is 24.1 Å². The molecule has 1 aliphatic heterocycles. The first-order valence-electron chi connectivity index (χ1n) is 8.03. The maximum atomic E-state index is 13.5. The molecule has 1 heterocycles. The quantitative estimate of drug-likeness (QED) is 0.472. The second-order valence-corrected chi connectivity index (χ2v) is 5.87. The number of amides is 3. The fourth-order valence-corrected chi connectivity index (χ4v) is 2.77. The van der Waals surface area contributed by atoms with Crippen LogP contribution in [0.3, 0.4) is 0 Å². The van der Waals surface area contributed by atoms with Gasteiger partial charge in [0.15, 0.2) is 0 Å². The minimum Gasteiger partial charge on any atom is -0.354 e. The second kappa shape index (κ2) is 7.32. The molecule has 0 unspecified atom stereocenters. The minimum atomic E-state index is -0.761. The number of hydrogen-bond acceptors (Lipinski definition) is 5. The van der Waals surface area contributed by atoms with E-state index in [0.717, 1.165) is 17.0 Å². The van der Waals surface area contributed by atoms with Crippen molar-refractivity contribution < 1.29 is 23.7 Å². The molecule has 138 valence electrons. The van der Waals surface area contributed by atoms with Crippen molar-refractivity contribution in [2.45, 2.75) is 6.42 Å². The van der Waals surface area contributed by atoms with E-state index in [-0.39, 0.29) is 35.6 Å². The summed E-state index contributed by atoms with van der Waals surface area (Å²) >= 11 is 0. The van der Waals surface area contributed by atoms with Crippen LogP contribution in [0.2, 0.25) is 0 Å². The zero-order valence-electron chi connectivity index (χ0n) is 14.0. The van der Waals surface area contributed by atoms with Crippen molar-refractivity contribution in [1.82, 2.24) is 10.2 Å². The Morgan fingerprint density at radius 3 is 2.52 bits per heavy atom. The summed E-state index contributed by atoms with van der Waals surface area (Å²) in [5.41, 5.74) is 0.0371. The Bertz CT molecular complexity index is 960. The molecule has 9 heteroatoms. The second-order valence-electron chi connectivity index (χ2n) is 5.87. The normalized spacial score (nSPS) is 12.9. The molecular weight excluding hydrogens is 357 g/mol. The predicted octanol–water partition coefficient (Wildman–Crippen LogP) is 1.69. The van der Waals surface area contributed by atoms with Crippen molar-refractivity contribution >= 4 is 23.4 Å². The number of imide groups is 1. The molecule has 0 saturated heterocycles. The highest BCUT2D eigenvalue weighted by Crippen LogP contribution is 2.26. The van der Waals surface area contributed by atoms with Gasteiger partial charge in [-0.1, -0.05) is 18.2 Å². The van der Waals surface area contributed by atoms with Crippen molar-refractivity contribution in [2.24, 2.45) is 0 Å². The third-order valence-corrected chi connectivity index (χ3v) is 4.14. The lowest BCUT2D eigenvalue weighted by Gasteiger charge is -2.13. The van der Waals surface area contributed by atoms with Gasteiger partial charge in [0.2, 0.25) is 5.91 Å². The molecule has 0 atom stereocenters. The Hall–Kier alpha value is -3.62. The third kappa shape index (κ3) is 3.66. The number of hydrogen-bond donors (Lipinski definition) is 1. The zero-order valence-corrected chi connectivity index (χ0v) is 14.0. The van der Waals surface area contributed by atoms with E-state index in [1.54, 1.807) is 18.2 Å². The van der Waals surface area contributed by atoms with Crippen LogP contribution in [-0.2, 0) is 11.2 Å². The van der Waals surface area contributed by atoms with Crippen molar-refractivity contribution in [2.75, 3.05) is 13.1 Å². The van der Waals surface area contributed by atoms with Crippen LogP contribution in [0.15, 0.2) is 42.5 Å². The summed E-state index contributed by atoms with van der Waals surface area (Å²) in [7, 11) is 0. The molecule has 2 aromatic carbocycles. The van der Waals surface area contributed by atoms with E-state index in [2.05, 4.69) is 5.32 Å². The van der Waals surface area contributed by atoms with Gasteiger partial charge in [0, 0.05) is 18.7 Å². The molecule has 27 heavy (non-hydrogen) atoms. The van der Waals surface area contributed by atoms with E-state index in [9.17, 15) is 28.9 Å². The Morgan fingerprint density at radius 2 is 1.81 bits per heavy atom. The average Bonchev–Trinajstić information content (AvgIpc) is 2.88. The van der Waals surface area contributed by atoms with Gasteiger partial charge in [-0.25, -0.2) is 4.39 Å². The van der Waals surface area contributed by atoms with Gasteiger partial charge in [-0.3, -0.25) is 29.4 Å². The monoisotopic (exact) mass is 371 g/mol. The molecule has 0 aliphatic carbocycles. The Balaban J connectivity index is 1.61. The first-order chi connectivity index (χ1) is 12.9. The zero-order chi connectivity index (χ0) is 19.6. The lowest BCUT2D eigenvalue weighted by molar-refractivity contribution is -0.384. The summed E-state index contributed by atoms with van der Waals surface area (Å²) in [5.74, 6) is -2.42. The fraction of sp³-hybridized carbons (Fsp3) is 0.167. The number of rotatable bonds is 6. The van der Waals surface area contributed by atoms with Crippen LogP contribution in [-0.4, -0.2) is 40.6 Å². The first-order valence-corrected chi connectivity index (χ1v) is 8.03. The van der Waals surface area contributed by atoms with E-state index >= 15 is 0 Å². The van der Waals surface area contributed by atoms with Gasteiger partial charge in [0.25, 0.3) is 17.5 Å². The van der Waals surface area contributed by atoms with Crippen molar-refractivity contribution in [1.29, 1.82) is 0 Å². The molecule has 0 aromatic heterocycles. The lowest BCUT2D eigenvalue weighted by Crippen LogP contribution is -2.40. The number of halogens is 1. The summed E-state index contributed by atoms with van der Waals surface area (Å²) in [4.78, 5) is 47.5. The van der Waals surface area contributed by atoms with Gasteiger partial charge < -0.3 is 5.32 Å². The maximum absolute atomic E-state index is 13.5. The largest absolute Gasteiger partial charge is 0.354 e. The summed E-state index contributed by atoms with van der Waals surface area (Å²) in [5, 5.41) is 13.3. The number of carbonyl (C=O) groups excluding carboxylic acids is 3. The smallest absolute Gasteiger partial charge is 0.270 e. The summed E-state index contributed by atoms with van der Waals surface area (Å²) in [6, 6.07) is 9.49. The molecule has 1 aliphatic rings. The van der Waals surface area contributed by atoms with Crippen LogP contribution in [0.1, 0.15) is 26.3 Å². The van der Waals surface area contributed by atoms with Crippen LogP contribution in [0.5, 0.6) is 0 Å². The standard InChI is InChI=1S/C18H14FN3O5/c19-15-4-2-1-3-11(15)7-8-20-16(23)10-21-17(24)13-6-5-12(22(26)27)9-14(13)18(21)25/h1-6,9H,7-8,10H2,(H,20,23). The highest BCUT2D eigenvalue weighted by Gasteiger charge is 2.37. The first kappa shape index (κ1) is 18.2. The number of nitrogens with one attached hydrogen (secondary N) is 1. The molecule has 0 fully saturated rings. The van der Waals surface area contributed by atoms with Crippen LogP contribution >= 0.6 is 0 Å². The molecule has 3 rings (SSSR count). The van der Waals surface area contributed by atoms with Crippen LogP contribution in [0.25, 0.3) is 0 Å². The SMILES string of the molecule is O=C(CN1C(=O)c2ccc([N+](=O)[O-])cc2C1=O)NCCc1ccccc1F. The molecule has 3 amide bonds. The van der Waals surface area contributed by atoms with E-state index in [0.29, 0.717) is 5.56 Å². The lowest BCUT2D eigenvalue weighted by atomic mass is 10.1. The van der Waals surface area contributed by atoms with E-state index in [1.807, 2.05) is 0 Å². The number of benzene rings is 2. The summed E-state index contributed by atoms with van der Waals surface area (Å²) in [6.07, 6.45) is 0.257. The van der Waals surface area contributed by atoms with Gasteiger partial charge in [-0.15, -0.1) is 0 Å². The molecule has 1 N–H and O–H groups in total. The topological polar surface area (TPSA) is 110 Å². The number of carbonyl (C=O) groups is 3. The molecular formula is C18H14FN3O5. The molecule has 0 radical (unpaired) electrons. The number of non-ortho nitro benzene ring substituents is 1. The van der Waals surface area contributed by atoms with E-state index in [4.69, 9.17) is 0 Å². The number of nitro benzene ring substituents is 1. The fourth-order valence-electron chi connectivity index (χ4n) is 2.77. The van der Waals surface area contributed by atoms with Gasteiger partial charge in [-0.2, -0.15) is 0 Å². The minimum absolute atomic E-state index is 0.0183. The van der Waals surface area contributed by atoms with Gasteiger partial charge >= 0.3 is 0 Å². The van der Waals surface area contributed by atoms with Crippen LogP contribution in [0, 0.1) is 15.9 Å². The van der Waals surface area contributed by atoms with E-state index in [1.165, 1.54) is 12.1 Å². The maximum Gasteiger partial charge on any atom is 0.270 e. The third-order valence-electron chi connectivity index (χ3n) is 4.14. The Morgan fingerprint density at radius 1 is 1.11 bits per heavy atom. The highest BCUT2D eigenvalue weighted by molar-refractivity contribution is 6.22. The number of nitrogens with zero attached hydrogens (tertiary/aromatic N) is 2. The average molecular weight is 371 g/mol. The molecule has 8 nitrogen and oxygen atoms in total. The molecule has 2 aromatic rings. The van der Waals surface area contributed by atoms with Crippen molar-refractivity contribution in [3.05, 3.63) is 75.1 Å². The Labute approximate surface area is 152 Å². The van der Waals surface area contributed by atoms with Gasteiger partial charge in [0.05, 0.1) is 16.1 Å². The summed E-state index contributed by atoms with van der Waals surface area (Å²) < 4.78 is 13.5. The van der Waals surface area contributed by atoms with Crippen LogP contribution in [0.4, 0.5) is 10.1 Å². The van der Waals surface area contributed by atoms with Crippen molar-refractivity contribution in [3.63, 3.8) is 0 Å². The summed E-state index contributed by atoms with van der Waals surface area (Å²) in [6.45, 7) is -0.383. The molecule has 0 spiro atoms. The number of nitro groups is 1. The van der Waals surface area contributed by atoms with Crippen molar-refractivity contribution in [3.8, 4) is 0 Å². The van der Waals surface area contributed by atoms with Crippen LogP contribution < -0.4 is 5.32 Å².